The molecule has 0 aromatic rings. The molecule has 0 heterocycles. The number of unbranched alkanes of at least 4 members (excludes halogenated alkanes) is 35. The van der Waals surface area contributed by atoms with Crippen molar-refractivity contribution in [3.05, 3.63) is 12.2 Å². The molecular weight excluding hydrogens is 621 g/mol. The highest BCUT2D eigenvalue weighted by atomic mass is 16.5. The molecule has 1 unspecified atom stereocenters. The van der Waals surface area contributed by atoms with E-state index in [4.69, 9.17) is 4.74 Å². The van der Waals surface area contributed by atoms with E-state index in [0.29, 0.717) is 13.0 Å². The van der Waals surface area contributed by atoms with Gasteiger partial charge in [-0.2, -0.15) is 0 Å². The van der Waals surface area contributed by atoms with E-state index in [-0.39, 0.29) is 5.97 Å². The van der Waals surface area contributed by atoms with Crippen LogP contribution in [0.15, 0.2) is 12.2 Å². The minimum atomic E-state index is 0.0292. The van der Waals surface area contributed by atoms with Crippen molar-refractivity contribution in [2.45, 2.75) is 284 Å². The van der Waals surface area contributed by atoms with E-state index in [0.717, 1.165) is 18.8 Å². The van der Waals surface area contributed by atoms with E-state index in [9.17, 15) is 4.79 Å². The average molecular weight is 717 g/mol. The number of esters is 1. The Bertz CT molecular complexity index is 669. The zero-order chi connectivity index (χ0) is 37.0. The average Bonchev–Trinajstić information content (AvgIpc) is 3.14. The summed E-state index contributed by atoms with van der Waals surface area (Å²) in [6.45, 7) is 7.64. The minimum Gasteiger partial charge on any atom is -0.466 e. The van der Waals surface area contributed by atoms with Crippen LogP contribution in [-0.2, 0) is 9.53 Å². The minimum absolute atomic E-state index is 0.0292. The molecule has 0 aromatic heterocycles. The van der Waals surface area contributed by atoms with Crippen LogP contribution in [0.2, 0.25) is 0 Å². The third kappa shape index (κ3) is 45.3. The Balaban J connectivity index is 3.18. The van der Waals surface area contributed by atoms with Gasteiger partial charge in [0.15, 0.2) is 0 Å². The summed E-state index contributed by atoms with van der Waals surface area (Å²) in [5.41, 5.74) is 0. The number of allylic oxidation sites excluding steroid dienone is 2. The molecule has 0 fully saturated rings. The second-order valence-electron chi connectivity index (χ2n) is 16.7. The zero-order valence-electron chi connectivity index (χ0n) is 35.7. The highest BCUT2D eigenvalue weighted by Crippen LogP contribution is 2.17. The van der Waals surface area contributed by atoms with Crippen LogP contribution in [-0.4, -0.2) is 12.6 Å². The maximum atomic E-state index is 12.0. The van der Waals surface area contributed by atoms with Crippen molar-refractivity contribution in [1.82, 2.24) is 0 Å². The number of hydrogen-bond donors (Lipinski definition) is 0. The van der Waals surface area contributed by atoms with Gasteiger partial charge in [-0.15, -0.1) is 0 Å². The summed E-state index contributed by atoms with van der Waals surface area (Å²) in [4.78, 5) is 12.0. The molecule has 0 aliphatic heterocycles. The Hall–Kier alpha value is -0.790. The monoisotopic (exact) mass is 717 g/mol. The number of carbonyl (C=O) groups is 1. The molecule has 0 radical (unpaired) electrons. The Morgan fingerprint density at radius 2 is 0.725 bits per heavy atom. The third-order valence-corrected chi connectivity index (χ3v) is 11.4. The predicted octanol–water partition coefficient (Wildman–Crippen LogP) is 17.8. The van der Waals surface area contributed by atoms with Crippen molar-refractivity contribution in [1.29, 1.82) is 0 Å². The first-order chi connectivity index (χ1) is 25.2. The zero-order valence-corrected chi connectivity index (χ0v) is 35.7. The van der Waals surface area contributed by atoms with E-state index in [1.165, 1.54) is 244 Å². The largest absolute Gasteiger partial charge is 0.466 e. The topological polar surface area (TPSA) is 26.3 Å². The maximum Gasteiger partial charge on any atom is 0.305 e. The number of rotatable bonds is 44. The lowest BCUT2D eigenvalue weighted by Gasteiger charge is -2.07. The van der Waals surface area contributed by atoms with Gasteiger partial charge >= 0.3 is 5.97 Å². The fourth-order valence-corrected chi connectivity index (χ4v) is 7.46. The molecule has 0 amide bonds. The van der Waals surface area contributed by atoms with Crippen LogP contribution in [0, 0.1) is 5.92 Å². The van der Waals surface area contributed by atoms with Gasteiger partial charge in [0.25, 0.3) is 0 Å². The Kier molecular flexibility index (Phi) is 44.7. The fraction of sp³-hybridized carbons (Fsp3) is 0.939. The van der Waals surface area contributed by atoms with E-state index < -0.39 is 0 Å². The fourth-order valence-electron chi connectivity index (χ4n) is 7.46. The molecule has 1 atom stereocenters. The van der Waals surface area contributed by atoms with Crippen LogP contribution in [0.3, 0.4) is 0 Å². The summed E-state index contributed by atoms with van der Waals surface area (Å²) in [7, 11) is 0. The van der Waals surface area contributed by atoms with Gasteiger partial charge in [-0.1, -0.05) is 251 Å². The Morgan fingerprint density at radius 1 is 0.412 bits per heavy atom. The van der Waals surface area contributed by atoms with Crippen LogP contribution < -0.4 is 0 Å². The summed E-state index contributed by atoms with van der Waals surface area (Å²) in [5.74, 6) is 0.962. The summed E-state index contributed by atoms with van der Waals surface area (Å²) in [6.07, 6.45) is 60.4. The van der Waals surface area contributed by atoms with Gasteiger partial charge in [0.1, 0.15) is 0 Å². The van der Waals surface area contributed by atoms with Crippen LogP contribution in [0.4, 0.5) is 0 Å². The molecule has 0 bridgehead atoms. The Morgan fingerprint density at radius 3 is 1.10 bits per heavy atom. The van der Waals surface area contributed by atoms with Crippen molar-refractivity contribution >= 4 is 5.97 Å². The van der Waals surface area contributed by atoms with Gasteiger partial charge in [0, 0.05) is 6.42 Å². The van der Waals surface area contributed by atoms with Crippen molar-refractivity contribution in [2.75, 3.05) is 6.61 Å². The quantitative estimate of drug-likeness (QED) is 0.0356. The van der Waals surface area contributed by atoms with Crippen molar-refractivity contribution in [3.8, 4) is 0 Å². The maximum absolute atomic E-state index is 12.0. The van der Waals surface area contributed by atoms with Gasteiger partial charge in [-0.05, 0) is 44.4 Å². The Labute approximate surface area is 323 Å². The van der Waals surface area contributed by atoms with Gasteiger partial charge < -0.3 is 4.74 Å². The predicted molar refractivity (Wildman–Crippen MR) is 230 cm³/mol. The number of hydrogen-bond acceptors (Lipinski definition) is 2. The highest BCUT2D eigenvalue weighted by Gasteiger charge is 2.03. The number of carbonyl (C=O) groups excluding carboxylic acids is 1. The van der Waals surface area contributed by atoms with Gasteiger partial charge in [0.2, 0.25) is 0 Å². The van der Waals surface area contributed by atoms with Gasteiger partial charge in [-0.25, -0.2) is 0 Å². The summed E-state index contributed by atoms with van der Waals surface area (Å²) < 4.78 is 5.49. The third-order valence-electron chi connectivity index (χ3n) is 11.4. The lowest BCUT2D eigenvalue weighted by atomic mass is 9.99. The first-order valence-corrected chi connectivity index (χ1v) is 24.0. The highest BCUT2D eigenvalue weighted by molar-refractivity contribution is 5.69. The van der Waals surface area contributed by atoms with Gasteiger partial charge in [-0.3, -0.25) is 4.79 Å². The molecular formula is C49H96O2. The van der Waals surface area contributed by atoms with E-state index >= 15 is 0 Å². The summed E-state index contributed by atoms with van der Waals surface area (Å²) in [6, 6.07) is 0. The molecule has 0 aromatic carbocycles. The first kappa shape index (κ1) is 50.2. The van der Waals surface area contributed by atoms with Crippen molar-refractivity contribution in [3.63, 3.8) is 0 Å². The van der Waals surface area contributed by atoms with Crippen molar-refractivity contribution in [2.24, 2.45) is 5.92 Å². The SMILES string of the molecule is CCCCCCCCC=CCCCCCCCCCCCCCC(=O)OCCCCCCCCCCCCCCCCCCCCCC(C)CC. The molecule has 0 aliphatic carbocycles. The van der Waals surface area contributed by atoms with Crippen LogP contribution in [0.5, 0.6) is 0 Å². The van der Waals surface area contributed by atoms with Crippen LogP contribution in [0.25, 0.3) is 0 Å². The molecule has 0 spiro atoms. The lowest BCUT2D eigenvalue weighted by molar-refractivity contribution is -0.143. The molecule has 51 heavy (non-hydrogen) atoms. The molecule has 2 heteroatoms. The number of ether oxygens (including phenoxy) is 1. The smallest absolute Gasteiger partial charge is 0.305 e. The molecule has 0 aliphatic rings. The molecule has 0 N–H and O–H groups in total. The van der Waals surface area contributed by atoms with E-state index in [2.05, 4.69) is 32.9 Å². The molecule has 0 saturated heterocycles. The van der Waals surface area contributed by atoms with Crippen LogP contribution >= 0.6 is 0 Å². The summed E-state index contributed by atoms with van der Waals surface area (Å²) in [5, 5.41) is 0. The standard InChI is InChI=1S/C49H96O2/c1-4-6-7-8-9-10-11-12-13-14-15-16-19-22-25-28-31-34-37-40-43-46-49(50)51-47-44-41-38-35-32-29-26-23-20-17-18-21-24-27-30-33-36-39-42-45-48(3)5-2/h12-13,48H,4-11,14-47H2,1-3H3. The normalized spacial score (nSPS) is 12.3. The second kappa shape index (κ2) is 45.4. The van der Waals surface area contributed by atoms with E-state index in [1.807, 2.05) is 0 Å². The van der Waals surface area contributed by atoms with Gasteiger partial charge in [0.05, 0.1) is 6.61 Å². The van der Waals surface area contributed by atoms with Crippen LogP contribution in [0.1, 0.15) is 284 Å². The molecule has 0 saturated carbocycles. The lowest BCUT2D eigenvalue weighted by Crippen LogP contribution is -2.05. The molecule has 304 valence electrons. The molecule has 0 rings (SSSR count). The first-order valence-electron chi connectivity index (χ1n) is 24.0. The molecule has 2 nitrogen and oxygen atoms in total. The van der Waals surface area contributed by atoms with E-state index in [1.54, 1.807) is 0 Å². The second-order valence-corrected chi connectivity index (χ2v) is 16.7. The van der Waals surface area contributed by atoms with Crippen molar-refractivity contribution < 1.29 is 9.53 Å². The summed E-state index contributed by atoms with van der Waals surface area (Å²) >= 11 is 0.